The van der Waals surface area contributed by atoms with Crippen LogP contribution < -0.4 is 4.90 Å². The minimum atomic E-state index is -0.377. The van der Waals surface area contributed by atoms with Crippen molar-refractivity contribution < 1.29 is 14.3 Å². The smallest absolute Gasteiger partial charge is 0.330 e. The third-order valence-electron chi connectivity index (χ3n) is 4.67. The summed E-state index contributed by atoms with van der Waals surface area (Å²) < 4.78 is 4.91. The summed E-state index contributed by atoms with van der Waals surface area (Å²) in [5.74, 6) is -0.0535. The molecule has 1 amide bonds. The fraction of sp³-hybridized carbons (Fsp3) is 0.250. The van der Waals surface area contributed by atoms with Gasteiger partial charge in [-0.2, -0.15) is 10.3 Å². The van der Waals surface area contributed by atoms with Gasteiger partial charge in [0.2, 0.25) is 0 Å². The normalized spacial score (nSPS) is 14.0. The molecule has 2 aromatic carbocycles. The average molecular weight is 401 g/mol. The molecule has 0 saturated heterocycles. The Labute approximate surface area is 176 Å². The van der Waals surface area contributed by atoms with E-state index in [9.17, 15) is 9.59 Å². The van der Waals surface area contributed by atoms with Gasteiger partial charge in [-0.3, -0.25) is 4.79 Å². The Balaban J connectivity index is 1.87. The molecule has 0 aliphatic carbocycles. The van der Waals surface area contributed by atoms with Crippen LogP contribution in [0.15, 0.2) is 53.5 Å². The number of carbonyl (C=O) groups is 2. The number of nitriles is 1. The molecule has 0 bridgehead atoms. The molecule has 0 spiro atoms. The minimum Gasteiger partial charge on any atom is -0.463 e. The highest BCUT2D eigenvalue weighted by atomic mass is 16.5. The Hall–Kier alpha value is -3.72. The van der Waals surface area contributed by atoms with Gasteiger partial charge in [0.15, 0.2) is 0 Å². The Bertz CT molecular complexity index is 1060. The predicted octanol–water partition coefficient (Wildman–Crippen LogP) is 4.15. The molecule has 0 unspecified atom stereocenters. The van der Waals surface area contributed by atoms with E-state index in [-0.39, 0.29) is 11.9 Å². The van der Waals surface area contributed by atoms with Gasteiger partial charge in [-0.15, -0.1) is 0 Å². The monoisotopic (exact) mass is 401 g/mol. The highest BCUT2D eigenvalue weighted by Crippen LogP contribution is 2.31. The maximum absolute atomic E-state index is 12.7. The molecule has 6 nitrogen and oxygen atoms in total. The van der Waals surface area contributed by atoms with Crippen LogP contribution >= 0.6 is 0 Å². The number of ether oxygens (including phenoxy) is 1. The third kappa shape index (κ3) is 4.81. The fourth-order valence-corrected chi connectivity index (χ4v) is 3.35. The zero-order valence-electron chi connectivity index (χ0n) is 17.1. The first-order valence-corrected chi connectivity index (χ1v) is 9.93. The van der Waals surface area contributed by atoms with Gasteiger partial charge in [0.05, 0.1) is 18.2 Å². The number of aliphatic imine (C=N–C) groups is 1. The number of rotatable bonds is 6. The van der Waals surface area contributed by atoms with E-state index in [1.54, 1.807) is 37.3 Å². The van der Waals surface area contributed by atoms with Crippen molar-refractivity contribution in [3.8, 4) is 6.07 Å². The second-order valence-electron chi connectivity index (χ2n) is 6.83. The summed E-state index contributed by atoms with van der Waals surface area (Å²) in [6, 6.07) is 14.5. The zero-order valence-corrected chi connectivity index (χ0v) is 17.1. The Morgan fingerprint density at radius 3 is 2.80 bits per heavy atom. The molecule has 0 fully saturated rings. The van der Waals surface area contributed by atoms with Crippen LogP contribution in [0.25, 0.3) is 6.08 Å². The first kappa shape index (κ1) is 21.0. The molecule has 1 aliphatic heterocycles. The first-order chi connectivity index (χ1) is 14.5. The lowest BCUT2D eigenvalue weighted by atomic mass is 10.1. The lowest BCUT2D eigenvalue weighted by molar-refractivity contribution is -0.137. The number of amidine groups is 1. The van der Waals surface area contributed by atoms with E-state index in [0.717, 1.165) is 29.8 Å². The van der Waals surface area contributed by atoms with Gasteiger partial charge in [-0.05, 0) is 60.9 Å². The highest BCUT2D eigenvalue weighted by Gasteiger charge is 2.26. The van der Waals surface area contributed by atoms with Crippen molar-refractivity contribution in [2.45, 2.75) is 26.7 Å². The number of anilines is 1. The van der Waals surface area contributed by atoms with Gasteiger partial charge in [0, 0.05) is 30.3 Å². The summed E-state index contributed by atoms with van der Waals surface area (Å²) in [5, 5.41) is 9.05. The number of hydrogen-bond donors (Lipinski definition) is 0. The number of benzene rings is 2. The standard InChI is InChI=1S/C24H23N3O3/c1-3-12-27-21-10-8-17(9-11-23(28)30-4-2)13-20(21)15-22(27)26-24(29)19-7-5-6-18(14-19)16-25/h5-11,13-14H,3-4,12,15H2,1-2H3/b11-9+,26-22?. The lowest BCUT2D eigenvalue weighted by Gasteiger charge is -2.19. The largest absolute Gasteiger partial charge is 0.463 e. The summed E-state index contributed by atoms with van der Waals surface area (Å²) in [5.41, 5.74) is 3.77. The first-order valence-electron chi connectivity index (χ1n) is 9.93. The summed E-state index contributed by atoms with van der Waals surface area (Å²) >= 11 is 0. The summed E-state index contributed by atoms with van der Waals surface area (Å²) in [6.07, 6.45) is 4.56. The van der Waals surface area contributed by atoms with Crippen LogP contribution in [-0.2, 0) is 16.0 Å². The van der Waals surface area contributed by atoms with E-state index in [0.29, 0.717) is 30.0 Å². The Morgan fingerprint density at radius 1 is 1.23 bits per heavy atom. The van der Waals surface area contributed by atoms with Gasteiger partial charge in [-0.25, -0.2) is 4.79 Å². The molecule has 0 radical (unpaired) electrons. The van der Waals surface area contributed by atoms with Crippen LogP contribution in [0.2, 0.25) is 0 Å². The lowest BCUT2D eigenvalue weighted by Crippen LogP contribution is -2.28. The molecule has 6 heteroatoms. The minimum absolute atomic E-state index is 0.338. The van der Waals surface area contributed by atoms with E-state index in [1.807, 2.05) is 24.3 Å². The molecule has 0 aromatic heterocycles. The van der Waals surface area contributed by atoms with E-state index in [4.69, 9.17) is 10.00 Å². The molecule has 0 saturated carbocycles. The zero-order chi connectivity index (χ0) is 21.5. The Morgan fingerprint density at radius 2 is 2.07 bits per heavy atom. The fourth-order valence-electron chi connectivity index (χ4n) is 3.35. The molecule has 3 rings (SSSR count). The van der Waals surface area contributed by atoms with Gasteiger partial charge in [-0.1, -0.05) is 19.1 Å². The van der Waals surface area contributed by atoms with Crippen molar-refractivity contribution in [2.75, 3.05) is 18.1 Å². The van der Waals surface area contributed by atoms with Crippen LogP contribution in [0.3, 0.4) is 0 Å². The van der Waals surface area contributed by atoms with E-state index in [1.165, 1.54) is 6.08 Å². The van der Waals surface area contributed by atoms with Crippen LogP contribution in [0.4, 0.5) is 5.69 Å². The molecular weight excluding hydrogens is 378 g/mol. The highest BCUT2D eigenvalue weighted by molar-refractivity contribution is 6.12. The molecule has 0 N–H and O–H groups in total. The van der Waals surface area contributed by atoms with Crippen molar-refractivity contribution in [1.29, 1.82) is 5.26 Å². The van der Waals surface area contributed by atoms with Crippen molar-refractivity contribution in [1.82, 2.24) is 0 Å². The number of nitrogens with zero attached hydrogens (tertiary/aromatic N) is 3. The molecule has 1 aliphatic rings. The number of amides is 1. The topological polar surface area (TPSA) is 82.8 Å². The molecule has 2 aromatic rings. The molecule has 1 heterocycles. The van der Waals surface area contributed by atoms with E-state index in [2.05, 4.69) is 16.8 Å². The van der Waals surface area contributed by atoms with Gasteiger partial charge >= 0.3 is 5.97 Å². The van der Waals surface area contributed by atoms with Gasteiger partial charge in [0.25, 0.3) is 5.91 Å². The maximum Gasteiger partial charge on any atom is 0.330 e. The van der Waals surface area contributed by atoms with Crippen LogP contribution in [-0.4, -0.2) is 30.9 Å². The quantitative estimate of drug-likeness (QED) is 0.536. The summed E-state index contributed by atoms with van der Waals surface area (Å²) in [6.45, 7) is 4.92. The molecule has 0 atom stereocenters. The Kier molecular flexibility index (Phi) is 6.76. The molecular formula is C24H23N3O3. The maximum atomic E-state index is 12.7. The second-order valence-corrected chi connectivity index (χ2v) is 6.83. The number of carbonyl (C=O) groups excluding carboxylic acids is 2. The number of esters is 1. The summed E-state index contributed by atoms with van der Waals surface area (Å²) in [7, 11) is 0. The van der Waals surface area contributed by atoms with E-state index < -0.39 is 0 Å². The second kappa shape index (κ2) is 9.66. The predicted molar refractivity (Wildman–Crippen MR) is 116 cm³/mol. The number of hydrogen-bond acceptors (Lipinski definition) is 4. The van der Waals surface area contributed by atoms with Crippen molar-refractivity contribution in [3.63, 3.8) is 0 Å². The SMILES string of the molecule is CCCN1C(=NC(=O)c2cccc(C#N)c2)Cc2cc(/C=C/C(=O)OCC)ccc21. The van der Waals surface area contributed by atoms with E-state index >= 15 is 0 Å². The van der Waals surface area contributed by atoms with Gasteiger partial charge in [0.1, 0.15) is 5.84 Å². The van der Waals surface area contributed by atoms with Crippen LogP contribution in [0.5, 0.6) is 0 Å². The van der Waals surface area contributed by atoms with Crippen molar-refractivity contribution in [2.24, 2.45) is 4.99 Å². The summed E-state index contributed by atoms with van der Waals surface area (Å²) in [4.78, 5) is 30.7. The molecule has 30 heavy (non-hydrogen) atoms. The van der Waals surface area contributed by atoms with Crippen LogP contribution in [0, 0.1) is 11.3 Å². The van der Waals surface area contributed by atoms with Gasteiger partial charge < -0.3 is 9.64 Å². The number of fused-ring (bicyclic) bond motifs is 1. The van der Waals surface area contributed by atoms with Crippen LogP contribution in [0.1, 0.15) is 47.3 Å². The average Bonchev–Trinajstić information content (AvgIpc) is 3.09. The third-order valence-corrected chi connectivity index (χ3v) is 4.67. The van der Waals surface area contributed by atoms with Crippen molar-refractivity contribution in [3.05, 3.63) is 70.8 Å². The van der Waals surface area contributed by atoms with Crippen molar-refractivity contribution >= 4 is 29.5 Å². The molecule has 152 valence electrons.